The molecular formula is C14H16N2O3S. The van der Waals surface area contributed by atoms with E-state index in [4.69, 9.17) is 0 Å². The van der Waals surface area contributed by atoms with E-state index >= 15 is 0 Å². The van der Waals surface area contributed by atoms with E-state index < -0.39 is 10.0 Å². The molecule has 1 fully saturated rings. The van der Waals surface area contributed by atoms with Crippen molar-refractivity contribution in [2.24, 2.45) is 7.05 Å². The molecule has 5 nitrogen and oxygen atoms in total. The minimum Gasteiger partial charge on any atom is -0.350 e. The number of carbonyl (C=O) groups is 1. The van der Waals surface area contributed by atoms with Gasteiger partial charge in [0.25, 0.3) is 0 Å². The Bertz CT molecular complexity index is 777. The highest BCUT2D eigenvalue weighted by molar-refractivity contribution is 7.89. The standard InChI is InChI=1S/C14H16N2O3S/c1-15-10-11(12-5-2-3-6-13(12)15)9-14(17)16-7-4-8-20(16,18)19/h2-3,5-6,10H,4,7-9H2,1H3. The SMILES string of the molecule is Cn1cc(CC(=O)N2CCCS2(=O)=O)c2ccccc21. The zero-order valence-electron chi connectivity index (χ0n) is 11.2. The summed E-state index contributed by atoms with van der Waals surface area (Å²) in [5.74, 6) is -0.257. The number of aromatic nitrogens is 1. The Labute approximate surface area is 117 Å². The van der Waals surface area contributed by atoms with E-state index in [-0.39, 0.29) is 18.1 Å². The molecule has 20 heavy (non-hydrogen) atoms. The highest BCUT2D eigenvalue weighted by Gasteiger charge is 2.32. The molecule has 0 N–H and O–H groups in total. The summed E-state index contributed by atoms with van der Waals surface area (Å²) in [6.45, 7) is 0.311. The van der Waals surface area contributed by atoms with Crippen molar-refractivity contribution in [3.05, 3.63) is 36.0 Å². The van der Waals surface area contributed by atoms with E-state index in [1.807, 2.05) is 42.1 Å². The number of amides is 1. The Kier molecular flexibility index (Phi) is 3.05. The van der Waals surface area contributed by atoms with E-state index in [1.54, 1.807) is 0 Å². The van der Waals surface area contributed by atoms with E-state index in [2.05, 4.69) is 0 Å². The maximum atomic E-state index is 12.2. The number of hydrogen-bond donors (Lipinski definition) is 0. The van der Waals surface area contributed by atoms with Crippen molar-refractivity contribution in [3.8, 4) is 0 Å². The van der Waals surface area contributed by atoms with E-state index in [1.165, 1.54) is 0 Å². The predicted molar refractivity (Wildman–Crippen MR) is 76.7 cm³/mol. The number of hydrogen-bond acceptors (Lipinski definition) is 3. The minimum atomic E-state index is -3.38. The molecule has 0 saturated carbocycles. The number of fused-ring (bicyclic) bond motifs is 1. The summed E-state index contributed by atoms with van der Waals surface area (Å²) in [5, 5.41) is 1.000. The Hall–Kier alpha value is -1.82. The lowest BCUT2D eigenvalue weighted by Crippen LogP contribution is -2.33. The van der Waals surface area contributed by atoms with Crippen molar-refractivity contribution in [1.82, 2.24) is 8.87 Å². The van der Waals surface area contributed by atoms with Crippen molar-refractivity contribution in [3.63, 3.8) is 0 Å². The monoisotopic (exact) mass is 292 g/mol. The van der Waals surface area contributed by atoms with Gasteiger partial charge in [-0.3, -0.25) is 4.79 Å². The zero-order valence-corrected chi connectivity index (χ0v) is 12.1. The topological polar surface area (TPSA) is 59.4 Å². The van der Waals surface area contributed by atoms with Gasteiger partial charge in [-0.05, 0) is 18.1 Å². The van der Waals surface area contributed by atoms with Crippen LogP contribution in [0.3, 0.4) is 0 Å². The molecule has 106 valence electrons. The highest BCUT2D eigenvalue weighted by Crippen LogP contribution is 2.22. The summed E-state index contributed by atoms with van der Waals surface area (Å²) < 4.78 is 26.5. The van der Waals surface area contributed by atoms with Gasteiger partial charge in [0.2, 0.25) is 15.9 Å². The van der Waals surface area contributed by atoms with Gasteiger partial charge in [0, 0.05) is 30.7 Å². The van der Waals surface area contributed by atoms with Crippen LogP contribution >= 0.6 is 0 Å². The maximum Gasteiger partial charge on any atom is 0.240 e. The van der Waals surface area contributed by atoms with Gasteiger partial charge < -0.3 is 4.57 Å². The molecule has 0 aliphatic carbocycles. The number of aryl methyl sites for hydroxylation is 1. The average molecular weight is 292 g/mol. The second-order valence-electron chi connectivity index (χ2n) is 5.09. The fourth-order valence-electron chi connectivity index (χ4n) is 2.74. The third kappa shape index (κ3) is 2.10. The van der Waals surface area contributed by atoms with Gasteiger partial charge in [-0.2, -0.15) is 0 Å². The number of rotatable bonds is 2. The van der Waals surface area contributed by atoms with Gasteiger partial charge in [-0.1, -0.05) is 18.2 Å². The maximum absolute atomic E-state index is 12.2. The first-order valence-corrected chi connectivity index (χ1v) is 8.16. The van der Waals surface area contributed by atoms with Crippen LogP contribution in [0.25, 0.3) is 10.9 Å². The van der Waals surface area contributed by atoms with Crippen LogP contribution in [0, 0.1) is 0 Å². The normalized spacial score (nSPS) is 17.8. The second kappa shape index (κ2) is 4.63. The second-order valence-corrected chi connectivity index (χ2v) is 7.11. The first-order valence-electron chi connectivity index (χ1n) is 6.55. The van der Waals surface area contributed by atoms with Crippen LogP contribution in [0.2, 0.25) is 0 Å². The summed E-state index contributed by atoms with van der Waals surface area (Å²) in [6.07, 6.45) is 2.55. The molecule has 1 aliphatic rings. The molecule has 1 aromatic carbocycles. The summed E-state index contributed by atoms with van der Waals surface area (Å²) in [7, 11) is -1.46. The third-order valence-corrected chi connectivity index (χ3v) is 5.56. The zero-order chi connectivity index (χ0) is 14.3. The smallest absolute Gasteiger partial charge is 0.240 e. The lowest BCUT2D eigenvalue weighted by Gasteiger charge is -2.14. The molecule has 0 radical (unpaired) electrons. The first kappa shape index (κ1) is 13.2. The third-order valence-electron chi connectivity index (χ3n) is 3.70. The van der Waals surface area contributed by atoms with Crippen molar-refractivity contribution in [1.29, 1.82) is 0 Å². The van der Waals surface area contributed by atoms with Crippen LogP contribution < -0.4 is 0 Å². The van der Waals surface area contributed by atoms with E-state index in [0.717, 1.165) is 20.8 Å². The van der Waals surface area contributed by atoms with Crippen LogP contribution in [0.5, 0.6) is 0 Å². The van der Waals surface area contributed by atoms with E-state index in [9.17, 15) is 13.2 Å². The molecule has 2 heterocycles. The summed E-state index contributed by atoms with van der Waals surface area (Å²) in [5.41, 5.74) is 1.91. The lowest BCUT2D eigenvalue weighted by atomic mass is 10.1. The molecule has 0 bridgehead atoms. The number of carbonyl (C=O) groups excluding carboxylic acids is 1. The number of sulfonamides is 1. The van der Waals surface area contributed by atoms with Crippen molar-refractivity contribution in [2.45, 2.75) is 12.8 Å². The molecule has 3 rings (SSSR count). The fourth-order valence-corrected chi connectivity index (χ4v) is 4.23. The summed E-state index contributed by atoms with van der Waals surface area (Å²) in [6, 6.07) is 7.80. The lowest BCUT2D eigenvalue weighted by molar-refractivity contribution is -0.125. The van der Waals surface area contributed by atoms with Gasteiger partial charge in [0.05, 0.1) is 12.2 Å². The van der Waals surface area contributed by atoms with Crippen molar-refractivity contribution >= 4 is 26.8 Å². The van der Waals surface area contributed by atoms with Gasteiger partial charge >= 0.3 is 0 Å². The molecule has 6 heteroatoms. The molecule has 0 unspecified atom stereocenters. The molecule has 1 amide bonds. The van der Waals surface area contributed by atoms with Gasteiger partial charge in [0.15, 0.2) is 0 Å². The quantitative estimate of drug-likeness (QED) is 0.838. The fraction of sp³-hybridized carbons (Fsp3) is 0.357. The largest absolute Gasteiger partial charge is 0.350 e. The molecule has 1 saturated heterocycles. The van der Waals surface area contributed by atoms with Gasteiger partial charge in [-0.15, -0.1) is 0 Å². The number of nitrogens with zero attached hydrogens (tertiary/aromatic N) is 2. The molecule has 0 atom stereocenters. The molecule has 0 spiro atoms. The first-order chi connectivity index (χ1) is 9.49. The van der Waals surface area contributed by atoms with Crippen LogP contribution in [-0.2, 0) is 28.3 Å². The van der Waals surface area contributed by atoms with Crippen LogP contribution in [0.1, 0.15) is 12.0 Å². The Morgan fingerprint density at radius 2 is 2.05 bits per heavy atom. The Morgan fingerprint density at radius 3 is 2.75 bits per heavy atom. The van der Waals surface area contributed by atoms with Crippen LogP contribution in [-0.4, -0.2) is 35.5 Å². The minimum absolute atomic E-state index is 0.0777. The molecule has 1 aliphatic heterocycles. The molecular weight excluding hydrogens is 276 g/mol. The van der Waals surface area contributed by atoms with E-state index in [0.29, 0.717) is 13.0 Å². The molecule has 1 aromatic heterocycles. The van der Waals surface area contributed by atoms with Gasteiger partial charge in [-0.25, -0.2) is 12.7 Å². The highest BCUT2D eigenvalue weighted by atomic mass is 32.2. The summed E-state index contributed by atoms with van der Waals surface area (Å²) >= 11 is 0. The predicted octanol–water partition coefficient (Wildman–Crippen LogP) is 1.28. The average Bonchev–Trinajstić information content (AvgIpc) is 2.91. The summed E-state index contributed by atoms with van der Waals surface area (Å²) in [4.78, 5) is 12.2. The Balaban J connectivity index is 1.92. The van der Waals surface area contributed by atoms with Gasteiger partial charge in [0.1, 0.15) is 0 Å². The Morgan fingerprint density at radius 1 is 1.30 bits per heavy atom. The number of benzene rings is 1. The van der Waals surface area contributed by atoms with Crippen LogP contribution in [0.4, 0.5) is 0 Å². The van der Waals surface area contributed by atoms with Crippen molar-refractivity contribution < 1.29 is 13.2 Å². The van der Waals surface area contributed by atoms with Crippen molar-refractivity contribution in [2.75, 3.05) is 12.3 Å². The molecule has 2 aromatic rings. The number of para-hydroxylation sites is 1. The van der Waals surface area contributed by atoms with Crippen LogP contribution in [0.15, 0.2) is 30.5 Å².